The van der Waals surface area contributed by atoms with Crippen molar-refractivity contribution < 1.29 is 9.53 Å². The number of hydrogen-bond donors (Lipinski definition) is 0. The van der Waals surface area contributed by atoms with Crippen LogP contribution in [-0.2, 0) is 15.1 Å². The first-order chi connectivity index (χ1) is 9.21. The monoisotopic (exact) mass is 260 g/mol. The first-order valence-electron chi connectivity index (χ1n) is 6.92. The topological polar surface area (TPSA) is 32.8 Å². The lowest BCUT2D eigenvalue weighted by Crippen LogP contribution is -2.55. The standard InChI is InChI=1S/C15H20N2O2/c1-3-15(17-8-10-19-11-9-17)12-6-4-5-7-13(12)16(2)14(15)18/h4-7H,3,8-11H2,1-2H3. The van der Waals surface area contributed by atoms with Crippen LogP contribution in [0.2, 0.25) is 0 Å². The maximum absolute atomic E-state index is 12.9. The molecule has 1 aromatic rings. The predicted octanol–water partition coefficient (Wildman–Crippen LogP) is 1.60. The highest BCUT2D eigenvalue weighted by molar-refractivity contribution is 6.07. The summed E-state index contributed by atoms with van der Waals surface area (Å²) >= 11 is 0. The molecule has 1 unspecified atom stereocenters. The van der Waals surface area contributed by atoms with Crippen LogP contribution in [0.3, 0.4) is 0 Å². The number of anilines is 1. The Balaban J connectivity index is 2.11. The zero-order chi connectivity index (χ0) is 13.5. The van der Waals surface area contributed by atoms with E-state index in [1.165, 1.54) is 0 Å². The van der Waals surface area contributed by atoms with Crippen molar-refractivity contribution >= 4 is 11.6 Å². The Morgan fingerprint density at radius 2 is 1.95 bits per heavy atom. The zero-order valence-corrected chi connectivity index (χ0v) is 11.6. The lowest BCUT2D eigenvalue weighted by atomic mass is 9.86. The van der Waals surface area contributed by atoms with Gasteiger partial charge in [-0.15, -0.1) is 0 Å². The summed E-state index contributed by atoms with van der Waals surface area (Å²) in [6.07, 6.45) is 0.799. The lowest BCUT2D eigenvalue weighted by Gasteiger charge is -2.41. The van der Waals surface area contributed by atoms with Crippen molar-refractivity contribution in [1.29, 1.82) is 0 Å². The van der Waals surface area contributed by atoms with Crippen LogP contribution in [0, 0.1) is 0 Å². The average molecular weight is 260 g/mol. The minimum atomic E-state index is -0.491. The molecule has 19 heavy (non-hydrogen) atoms. The van der Waals surface area contributed by atoms with E-state index in [-0.39, 0.29) is 5.91 Å². The van der Waals surface area contributed by atoms with Crippen LogP contribution in [0.25, 0.3) is 0 Å². The molecule has 0 aliphatic carbocycles. The van der Waals surface area contributed by atoms with Crippen molar-refractivity contribution in [3.8, 4) is 0 Å². The molecule has 0 bridgehead atoms. The number of ether oxygens (including phenoxy) is 1. The molecule has 102 valence electrons. The van der Waals surface area contributed by atoms with Gasteiger partial charge in [0.05, 0.1) is 13.2 Å². The number of rotatable bonds is 2. The Bertz CT molecular complexity index is 497. The van der Waals surface area contributed by atoms with E-state index in [2.05, 4.69) is 17.9 Å². The van der Waals surface area contributed by atoms with Crippen LogP contribution in [0.1, 0.15) is 18.9 Å². The Morgan fingerprint density at radius 3 is 2.63 bits per heavy atom. The van der Waals surface area contributed by atoms with Crippen LogP contribution < -0.4 is 4.90 Å². The maximum Gasteiger partial charge on any atom is 0.251 e. The Kier molecular flexibility index (Phi) is 3.07. The third kappa shape index (κ3) is 1.63. The van der Waals surface area contributed by atoms with E-state index < -0.39 is 5.54 Å². The lowest BCUT2D eigenvalue weighted by molar-refractivity contribution is -0.133. The Hall–Kier alpha value is -1.39. The summed E-state index contributed by atoms with van der Waals surface area (Å²) in [6, 6.07) is 8.14. The second-order valence-electron chi connectivity index (χ2n) is 5.19. The average Bonchev–Trinajstić information content (AvgIpc) is 2.70. The molecule has 2 aliphatic rings. The number of benzene rings is 1. The number of carbonyl (C=O) groups excluding carboxylic acids is 1. The number of para-hydroxylation sites is 1. The molecule has 1 fully saturated rings. The molecule has 4 heteroatoms. The van der Waals surface area contributed by atoms with Crippen LogP contribution >= 0.6 is 0 Å². The van der Waals surface area contributed by atoms with Crippen molar-refractivity contribution in [2.45, 2.75) is 18.9 Å². The van der Waals surface area contributed by atoms with Crippen molar-refractivity contribution in [1.82, 2.24) is 4.90 Å². The van der Waals surface area contributed by atoms with Gasteiger partial charge in [0.25, 0.3) is 5.91 Å². The molecule has 0 N–H and O–H groups in total. The van der Waals surface area contributed by atoms with E-state index in [0.717, 1.165) is 30.8 Å². The van der Waals surface area contributed by atoms with Gasteiger partial charge in [0, 0.05) is 31.4 Å². The summed E-state index contributed by atoms with van der Waals surface area (Å²) in [4.78, 5) is 17.0. The molecule has 4 nitrogen and oxygen atoms in total. The van der Waals surface area contributed by atoms with Crippen LogP contribution in [0.15, 0.2) is 24.3 Å². The van der Waals surface area contributed by atoms with E-state index in [4.69, 9.17) is 4.74 Å². The maximum atomic E-state index is 12.9. The van der Waals surface area contributed by atoms with Gasteiger partial charge in [-0.05, 0) is 12.5 Å². The van der Waals surface area contributed by atoms with Gasteiger partial charge < -0.3 is 9.64 Å². The third-order valence-corrected chi connectivity index (χ3v) is 4.43. The van der Waals surface area contributed by atoms with E-state index in [9.17, 15) is 4.79 Å². The largest absolute Gasteiger partial charge is 0.379 e. The van der Waals surface area contributed by atoms with Gasteiger partial charge in [-0.2, -0.15) is 0 Å². The van der Waals surface area contributed by atoms with Crippen molar-refractivity contribution in [3.05, 3.63) is 29.8 Å². The summed E-state index contributed by atoms with van der Waals surface area (Å²) in [5.74, 6) is 0.193. The minimum absolute atomic E-state index is 0.193. The summed E-state index contributed by atoms with van der Waals surface area (Å²) < 4.78 is 5.43. The fourth-order valence-electron chi connectivity index (χ4n) is 3.43. The zero-order valence-electron chi connectivity index (χ0n) is 11.6. The summed E-state index contributed by atoms with van der Waals surface area (Å²) in [5.41, 5.74) is 1.70. The fourth-order valence-corrected chi connectivity index (χ4v) is 3.43. The molecular weight excluding hydrogens is 240 g/mol. The summed E-state index contributed by atoms with van der Waals surface area (Å²) in [7, 11) is 1.87. The number of amides is 1. The fraction of sp³-hybridized carbons (Fsp3) is 0.533. The highest BCUT2D eigenvalue weighted by Crippen LogP contribution is 2.45. The quantitative estimate of drug-likeness (QED) is 0.809. The van der Waals surface area contributed by atoms with Gasteiger partial charge in [0.2, 0.25) is 0 Å². The van der Waals surface area contributed by atoms with E-state index >= 15 is 0 Å². The number of likely N-dealkylation sites (N-methyl/N-ethyl adjacent to an activating group) is 1. The number of nitrogens with zero attached hydrogens (tertiary/aromatic N) is 2. The molecule has 0 aromatic heterocycles. The number of hydrogen-bond acceptors (Lipinski definition) is 3. The Labute approximate surface area is 113 Å². The second-order valence-corrected chi connectivity index (χ2v) is 5.19. The SMILES string of the molecule is CCC1(N2CCOCC2)C(=O)N(C)c2ccccc21. The predicted molar refractivity (Wildman–Crippen MR) is 74.2 cm³/mol. The van der Waals surface area contributed by atoms with Gasteiger partial charge in [-0.25, -0.2) is 0 Å². The van der Waals surface area contributed by atoms with Crippen LogP contribution in [0.4, 0.5) is 5.69 Å². The number of morpholine rings is 1. The second kappa shape index (κ2) is 4.62. The van der Waals surface area contributed by atoms with Crippen molar-refractivity contribution in [2.24, 2.45) is 0 Å². The highest BCUT2D eigenvalue weighted by Gasteiger charge is 2.52. The normalized spacial score (nSPS) is 27.7. The minimum Gasteiger partial charge on any atom is -0.379 e. The smallest absolute Gasteiger partial charge is 0.251 e. The van der Waals surface area contributed by atoms with E-state index in [0.29, 0.717) is 13.2 Å². The van der Waals surface area contributed by atoms with Crippen LogP contribution in [-0.4, -0.2) is 44.2 Å². The van der Waals surface area contributed by atoms with Gasteiger partial charge in [-0.1, -0.05) is 25.1 Å². The Morgan fingerprint density at radius 1 is 1.26 bits per heavy atom. The first-order valence-corrected chi connectivity index (χ1v) is 6.92. The van der Waals surface area contributed by atoms with Gasteiger partial charge in [0.15, 0.2) is 0 Å². The third-order valence-electron chi connectivity index (χ3n) is 4.43. The van der Waals surface area contributed by atoms with Crippen LogP contribution in [0.5, 0.6) is 0 Å². The summed E-state index contributed by atoms with van der Waals surface area (Å²) in [5, 5.41) is 0. The van der Waals surface area contributed by atoms with Gasteiger partial charge in [0.1, 0.15) is 5.54 Å². The first kappa shape index (κ1) is 12.6. The van der Waals surface area contributed by atoms with E-state index in [1.807, 2.05) is 25.2 Å². The molecule has 1 amide bonds. The summed E-state index contributed by atoms with van der Waals surface area (Å²) in [6.45, 7) is 5.16. The molecule has 0 spiro atoms. The molecule has 1 atom stereocenters. The molecule has 0 saturated carbocycles. The highest BCUT2D eigenvalue weighted by atomic mass is 16.5. The van der Waals surface area contributed by atoms with E-state index in [1.54, 1.807) is 4.90 Å². The molecule has 1 saturated heterocycles. The molecule has 2 heterocycles. The molecule has 1 aromatic carbocycles. The van der Waals surface area contributed by atoms with Gasteiger partial charge >= 0.3 is 0 Å². The number of fused-ring (bicyclic) bond motifs is 1. The van der Waals surface area contributed by atoms with Gasteiger partial charge in [-0.3, -0.25) is 9.69 Å². The van der Waals surface area contributed by atoms with Crippen molar-refractivity contribution in [3.63, 3.8) is 0 Å². The molecular formula is C15H20N2O2. The van der Waals surface area contributed by atoms with Crippen molar-refractivity contribution in [2.75, 3.05) is 38.3 Å². The molecule has 0 radical (unpaired) electrons. The number of carbonyl (C=O) groups is 1. The molecule has 3 rings (SSSR count). The molecule has 2 aliphatic heterocycles.